The number of halogens is 1. The number of carboxylic acid groups (broad SMARTS) is 1. The molecule has 1 fully saturated rings. The number of hydrogen-bond donors (Lipinski definition) is 2. The van der Waals surface area contributed by atoms with Gasteiger partial charge in [-0.15, -0.1) is 0 Å². The van der Waals surface area contributed by atoms with Gasteiger partial charge in [0.15, 0.2) is 0 Å². The van der Waals surface area contributed by atoms with Crippen LogP contribution in [0.25, 0.3) is 21.9 Å². The number of hydrogen-bond acceptors (Lipinski definition) is 3. The number of benzene rings is 1. The maximum atomic E-state index is 12.5. The van der Waals surface area contributed by atoms with Gasteiger partial charge >= 0.3 is 11.7 Å². The third-order valence-electron chi connectivity index (χ3n) is 4.91. The SMILES string of the molecule is O=c1[nH]c2cnc3ccc(Br)cc3c2n1[C@H]1CC[C@H](C(=O)O)CC1. The number of imidazole rings is 1. The smallest absolute Gasteiger partial charge is 0.326 e. The molecule has 0 saturated heterocycles. The van der Waals surface area contributed by atoms with Crippen molar-refractivity contribution in [2.75, 3.05) is 0 Å². The van der Waals surface area contributed by atoms with Gasteiger partial charge in [0, 0.05) is 15.9 Å². The Morgan fingerprint density at radius 3 is 2.75 bits per heavy atom. The highest BCUT2D eigenvalue weighted by Crippen LogP contribution is 2.35. The molecule has 0 radical (unpaired) electrons. The van der Waals surface area contributed by atoms with Crippen LogP contribution in [-0.4, -0.2) is 25.6 Å². The highest BCUT2D eigenvalue weighted by Gasteiger charge is 2.29. The maximum absolute atomic E-state index is 12.5. The van der Waals surface area contributed by atoms with E-state index in [2.05, 4.69) is 25.9 Å². The Morgan fingerprint density at radius 1 is 1.29 bits per heavy atom. The van der Waals surface area contributed by atoms with Crippen LogP contribution in [0, 0.1) is 5.92 Å². The lowest BCUT2D eigenvalue weighted by atomic mass is 9.86. The summed E-state index contributed by atoms with van der Waals surface area (Å²) in [7, 11) is 0. The average molecular weight is 390 g/mol. The fourth-order valence-corrected chi connectivity index (χ4v) is 4.07. The van der Waals surface area contributed by atoms with Crippen molar-refractivity contribution in [3.05, 3.63) is 39.4 Å². The number of nitrogens with one attached hydrogen (secondary N) is 1. The third kappa shape index (κ3) is 2.43. The fourth-order valence-electron chi connectivity index (χ4n) is 3.71. The summed E-state index contributed by atoms with van der Waals surface area (Å²) in [4.78, 5) is 31.0. The second-order valence-electron chi connectivity index (χ2n) is 6.33. The van der Waals surface area contributed by atoms with Crippen molar-refractivity contribution in [1.82, 2.24) is 14.5 Å². The van der Waals surface area contributed by atoms with Gasteiger partial charge in [0.05, 0.1) is 28.7 Å². The predicted molar refractivity (Wildman–Crippen MR) is 94.2 cm³/mol. The quantitative estimate of drug-likeness (QED) is 0.702. The van der Waals surface area contributed by atoms with Crippen LogP contribution in [-0.2, 0) is 4.79 Å². The molecule has 0 spiro atoms. The first-order valence-corrected chi connectivity index (χ1v) is 8.75. The van der Waals surface area contributed by atoms with Gasteiger partial charge in [0.25, 0.3) is 0 Å². The summed E-state index contributed by atoms with van der Waals surface area (Å²) < 4.78 is 2.73. The summed E-state index contributed by atoms with van der Waals surface area (Å²) in [5.74, 6) is -1.03. The van der Waals surface area contributed by atoms with E-state index in [4.69, 9.17) is 5.11 Å². The van der Waals surface area contributed by atoms with Crippen molar-refractivity contribution in [2.24, 2.45) is 5.92 Å². The zero-order valence-corrected chi connectivity index (χ0v) is 14.4. The van der Waals surface area contributed by atoms with Crippen molar-refractivity contribution >= 4 is 43.8 Å². The van der Waals surface area contributed by atoms with Crippen LogP contribution in [0.3, 0.4) is 0 Å². The molecule has 2 N–H and O–H groups in total. The van der Waals surface area contributed by atoms with Gasteiger partial charge in [-0.2, -0.15) is 0 Å². The van der Waals surface area contributed by atoms with E-state index < -0.39 is 5.97 Å². The van der Waals surface area contributed by atoms with Crippen LogP contribution in [0.15, 0.2) is 33.7 Å². The standard InChI is InChI=1S/C17H16BrN3O3/c18-10-3-6-13-12(7-10)15-14(8-19-13)20-17(24)21(15)11-4-1-9(2-5-11)16(22)23/h3,6-9,11H,1-2,4-5H2,(H,20,24)(H,22,23)/t9-,11-. The number of fused-ring (bicyclic) bond motifs is 3. The van der Waals surface area contributed by atoms with Crippen LogP contribution in [0.4, 0.5) is 0 Å². The molecule has 0 unspecified atom stereocenters. The van der Waals surface area contributed by atoms with Crippen LogP contribution in [0.1, 0.15) is 31.7 Å². The van der Waals surface area contributed by atoms with Gasteiger partial charge in [0.2, 0.25) is 0 Å². The monoisotopic (exact) mass is 389 g/mol. The molecule has 0 aliphatic heterocycles. The molecule has 1 aliphatic rings. The molecule has 0 bridgehead atoms. The van der Waals surface area contributed by atoms with Crippen molar-refractivity contribution in [1.29, 1.82) is 0 Å². The highest BCUT2D eigenvalue weighted by molar-refractivity contribution is 9.10. The van der Waals surface area contributed by atoms with Crippen molar-refractivity contribution in [3.8, 4) is 0 Å². The first kappa shape index (κ1) is 15.4. The number of carbonyl (C=O) groups is 1. The molecule has 1 saturated carbocycles. The average Bonchev–Trinajstić information content (AvgIpc) is 2.91. The molecule has 1 aliphatic carbocycles. The lowest BCUT2D eigenvalue weighted by molar-refractivity contribution is -0.143. The van der Waals surface area contributed by atoms with E-state index in [9.17, 15) is 9.59 Å². The summed E-state index contributed by atoms with van der Waals surface area (Å²) in [6.45, 7) is 0. The number of aliphatic carboxylic acids is 1. The van der Waals surface area contributed by atoms with E-state index >= 15 is 0 Å². The molecule has 24 heavy (non-hydrogen) atoms. The van der Waals surface area contributed by atoms with E-state index in [1.165, 1.54) is 0 Å². The number of aromatic amines is 1. The molecule has 7 heteroatoms. The van der Waals surface area contributed by atoms with Crippen molar-refractivity contribution in [2.45, 2.75) is 31.7 Å². The zero-order chi connectivity index (χ0) is 16.8. The van der Waals surface area contributed by atoms with Crippen LogP contribution >= 0.6 is 15.9 Å². The Balaban J connectivity index is 1.86. The summed E-state index contributed by atoms with van der Waals surface area (Å²) in [5.41, 5.74) is 2.24. The summed E-state index contributed by atoms with van der Waals surface area (Å²) in [5, 5.41) is 10.1. The third-order valence-corrected chi connectivity index (χ3v) is 5.41. The molecular weight excluding hydrogens is 374 g/mol. The lowest BCUT2D eigenvalue weighted by Gasteiger charge is -2.27. The minimum atomic E-state index is -0.738. The van der Waals surface area contributed by atoms with Crippen LogP contribution < -0.4 is 5.69 Å². The molecule has 0 amide bonds. The summed E-state index contributed by atoms with van der Waals surface area (Å²) in [6, 6.07) is 5.83. The summed E-state index contributed by atoms with van der Waals surface area (Å²) in [6.07, 6.45) is 4.29. The normalized spacial score (nSPS) is 21.4. The molecule has 124 valence electrons. The Kier molecular flexibility index (Phi) is 3.68. The van der Waals surface area contributed by atoms with Gasteiger partial charge < -0.3 is 10.1 Å². The van der Waals surface area contributed by atoms with E-state index in [0.717, 1.165) is 20.9 Å². The minimum Gasteiger partial charge on any atom is -0.481 e. The Morgan fingerprint density at radius 2 is 2.04 bits per heavy atom. The molecule has 6 nitrogen and oxygen atoms in total. The van der Waals surface area contributed by atoms with E-state index in [1.54, 1.807) is 10.8 Å². The molecule has 4 rings (SSSR count). The molecule has 2 aromatic heterocycles. The van der Waals surface area contributed by atoms with Gasteiger partial charge in [0.1, 0.15) is 0 Å². The van der Waals surface area contributed by atoms with Gasteiger partial charge in [-0.05, 0) is 43.9 Å². The van der Waals surface area contributed by atoms with Gasteiger partial charge in [-0.1, -0.05) is 15.9 Å². The number of nitrogens with zero attached hydrogens (tertiary/aromatic N) is 2. The van der Waals surface area contributed by atoms with E-state index in [-0.39, 0.29) is 17.6 Å². The maximum Gasteiger partial charge on any atom is 0.326 e. The number of aromatic nitrogens is 3. The molecule has 2 heterocycles. The zero-order valence-electron chi connectivity index (χ0n) is 12.8. The number of H-pyrrole nitrogens is 1. The topological polar surface area (TPSA) is 88.0 Å². The largest absolute Gasteiger partial charge is 0.481 e. The number of rotatable bonds is 2. The minimum absolute atomic E-state index is 0.0198. The molecule has 0 atom stereocenters. The first-order valence-electron chi connectivity index (χ1n) is 7.96. The molecular formula is C17H16BrN3O3. The first-order chi connectivity index (χ1) is 11.5. The Hall–Kier alpha value is -2.15. The van der Waals surface area contributed by atoms with Crippen LogP contribution in [0.5, 0.6) is 0 Å². The molecule has 3 aromatic rings. The van der Waals surface area contributed by atoms with E-state index in [1.807, 2.05) is 18.2 Å². The fraction of sp³-hybridized carbons (Fsp3) is 0.353. The second kappa shape index (κ2) is 5.73. The molecule has 1 aromatic carbocycles. The summed E-state index contributed by atoms with van der Waals surface area (Å²) >= 11 is 3.48. The van der Waals surface area contributed by atoms with Crippen molar-refractivity contribution < 1.29 is 9.90 Å². The van der Waals surface area contributed by atoms with Gasteiger partial charge in [-0.25, -0.2) is 4.79 Å². The lowest BCUT2D eigenvalue weighted by Crippen LogP contribution is -2.28. The van der Waals surface area contributed by atoms with Crippen molar-refractivity contribution in [3.63, 3.8) is 0 Å². The Bertz CT molecular complexity index is 999. The highest BCUT2D eigenvalue weighted by atomic mass is 79.9. The predicted octanol–water partition coefficient (Wildman–Crippen LogP) is 3.46. The van der Waals surface area contributed by atoms with E-state index in [0.29, 0.717) is 31.2 Å². The number of pyridine rings is 1. The Labute approximate surface area is 145 Å². The second-order valence-corrected chi connectivity index (χ2v) is 7.24. The van der Waals surface area contributed by atoms with Gasteiger partial charge in [-0.3, -0.25) is 14.3 Å². The van der Waals surface area contributed by atoms with Crippen LogP contribution in [0.2, 0.25) is 0 Å². The number of carboxylic acids is 1.